The molecule has 1 aromatic heterocycles. The van der Waals surface area contributed by atoms with Gasteiger partial charge in [0.1, 0.15) is 12.3 Å². The average molecular weight is 470 g/mol. The molecule has 30 heavy (non-hydrogen) atoms. The second-order valence-electron chi connectivity index (χ2n) is 6.15. The lowest BCUT2D eigenvalue weighted by Gasteiger charge is -2.14. The smallest absolute Gasteiger partial charge is 0.411 e. The maximum absolute atomic E-state index is 11.9. The van der Waals surface area contributed by atoms with Crippen LogP contribution in [0.4, 0.5) is 10.5 Å². The molecular formula is C20H19Cl3N4O3. The van der Waals surface area contributed by atoms with Crippen LogP contribution in [0.2, 0.25) is 0 Å². The molecule has 5 N–H and O–H groups in total. The first-order chi connectivity index (χ1) is 14.1. The number of carbonyl (C=O) groups excluding carboxylic acids is 2. The number of rotatable bonds is 6. The van der Waals surface area contributed by atoms with Crippen molar-refractivity contribution in [3.8, 4) is 0 Å². The largest absolute Gasteiger partial charge is 0.445 e. The number of hydrogen-bond donors (Lipinski definition) is 3. The minimum absolute atomic E-state index is 0.273. The Bertz CT molecular complexity index is 1000. The molecule has 0 saturated carbocycles. The van der Waals surface area contributed by atoms with Crippen LogP contribution in [0.3, 0.4) is 0 Å². The predicted octanol–water partition coefficient (Wildman–Crippen LogP) is 4.42. The fourth-order valence-electron chi connectivity index (χ4n) is 2.48. The third kappa shape index (κ3) is 6.95. The van der Waals surface area contributed by atoms with Crippen LogP contribution in [0, 0.1) is 6.92 Å². The molecule has 2 aromatic rings. The van der Waals surface area contributed by atoms with Crippen LogP contribution in [0.5, 0.6) is 0 Å². The Hall–Kier alpha value is -2.74. The normalized spacial score (nSPS) is 12.4. The van der Waals surface area contributed by atoms with Crippen molar-refractivity contribution in [3.63, 3.8) is 0 Å². The zero-order chi connectivity index (χ0) is 22.3. The molecule has 0 unspecified atom stereocenters. The van der Waals surface area contributed by atoms with Gasteiger partial charge in [-0.1, -0.05) is 40.9 Å². The van der Waals surface area contributed by atoms with Gasteiger partial charge in [-0.2, -0.15) is 0 Å². The van der Waals surface area contributed by atoms with Crippen LogP contribution in [0.25, 0.3) is 11.3 Å². The lowest BCUT2D eigenvalue weighted by molar-refractivity contribution is 0.111. The van der Waals surface area contributed by atoms with E-state index in [4.69, 9.17) is 51.0 Å². The summed E-state index contributed by atoms with van der Waals surface area (Å²) < 4.78 is 3.15. The number of nitrogens with one attached hydrogen (secondary N) is 1. The molecule has 0 radical (unpaired) electrons. The SMILES string of the molecule is Cc1ccc(NC(=O)OCC(Cl)(Cl)Cl)cc1/C(N)=C/C(=C\N)c1ccnc(C=O)c1. The number of carbonyl (C=O) groups is 2. The van der Waals surface area contributed by atoms with E-state index in [-0.39, 0.29) is 5.69 Å². The molecule has 158 valence electrons. The number of aldehydes is 1. The third-order valence-electron chi connectivity index (χ3n) is 3.89. The quantitative estimate of drug-likeness (QED) is 0.327. The zero-order valence-electron chi connectivity index (χ0n) is 15.9. The van der Waals surface area contributed by atoms with Gasteiger partial charge in [0.05, 0.1) is 0 Å². The van der Waals surface area contributed by atoms with Crippen LogP contribution in [-0.2, 0) is 4.74 Å². The summed E-state index contributed by atoms with van der Waals surface area (Å²) in [7, 11) is 0. The highest BCUT2D eigenvalue weighted by atomic mass is 35.6. The molecule has 1 heterocycles. The summed E-state index contributed by atoms with van der Waals surface area (Å²) in [4.78, 5) is 26.8. The standard InChI is InChI=1S/C20H19Cl3N4O3/c1-12-2-3-15(27-19(29)30-11-20(21,22)23)8-17(12)18(25)7-14(9-24)13-4-5-26-16(6-13)10-28/h2-10H,11,24-25H2,1H3,(H,27,29)/b14-9+,18-7-. The molecule has 1 aromatic carbocycles. The van der Waals surface area contributed by atoms with Gasteiger partial charge < -0.3 is 16.2 Å². The van der Waals surface area contributed by atoms with Crippen LogP contribution in [0.1, 0.15) is 27.2 Å². The van der Waals surface area contributed by atoms with E-state index >= 15 is 0 Å². The van der Waals surface area contributed by atoms with Gasteiger partial charge in [0.25, 0.3) is 0 Å². The van der Waals surface area contributed by atoms with Gasteiger partial charge in [-0.3, -0.25) is 15.1 Å². The summed E-state index contributed by atoms with van der Waals surface area (Å²) in [5, 5.41) is 2.54. The third-order valence-corrected chi connectivity index (χ3v) is 4.21. The van der Waals surface area contributed by atoms with Crippen molar-refractivity contribution in [2.24, 2.45) is 11.5 Å². The molecule has 0 aliphatic rings. The van der Waals surface area contributed by atoms with Crippen molar-refractivity contribution in [3.05, 3.63) is 71.2 Å². The van der Waals surface area contributed by atoms with Gasteiger partial charge in [-0.05, 0) is 54.0 Å². The summed E-state index contributed by atoms with van der Waals surface area (Å²) in [6.07, 6.45) is 4.41. The van der Waals surface area contributed by atoms with E-state index in [1.165, 1.54) is 12.4 Å². The number of ether oxygens (including phenoxy) is 1. The summed E-state index contributed by atoms with van der Waals surface area (Å²) in [5.74, 6) is 0. The number of hydrogen-bond acceptors (Lipinski definition) is 6. The Labute approximate surface area is 188 Å². The van der Waals surface area contributed by atoms with Crippen LogP contribution in [0.15, 0.2) is 48.8 Å². The summed E-state index contributed by atoms with van der Waals surface area (Å²) in [5.41, 5.74) is 15.9. The summed E-state index contributed by atoms with van der Waals surface area (Å²) in [6, 6.07) is 8.45. The molecule has 10 heteroatoms. The van der Waals surface area contributed by atoms with E-state index in [1.807, 2.05) is 6.92 Å². The first-order valence-corrected chi connectivity index (χ1v) is 9.68. The van der Waals surface area contributed by atoms with E-state index < -0.39 is 16.5 Å². The number of nitrogens with zero attached hydrogens (tertiary/aromatic N) is 1. The van der Waals surface area contributed by atoms with Gasteiger partial charge in [-0.25, -0.2) is 4.79 Å². The molecule has 0 aliphatic heterocycles. The Morgan fingerprint density at radius 3 is 2.63 bits per heavy atom. The molecule has 7 nitrogen and oxygen atoms in total. The zero-order valence-corrected chi connectivity index (χ0v) is 18.1. The molecule has 0 bridgehead atoms. The first kappa shape index (κ1) is 23.5. The second kappa shape index (κ2) is 10.3. The predicted molar refractivity (Wildman–Crippen MR) is 120 cm³/mol. The van der Waals surface area contributed by atoms with Crippen molar-refractivity contribution in [1.29, 1.82) is 0 Å². The van der Waals surface area contributed by atoms with Gasteiger partial charge in [0.15, 0.2) is 6.29 Å². The number of halogens is 3. The Morgan fingerprint density at radius 1 is 1.27 bits per heavy atom. The highest BCUT2D eigenvalue weighted by Gasteiger charge is 2.22. The molecule has 2 rings (SSSR count). The fraction of sp³-hybridized carbons (Fsp3) is 0.150. The Morgan fingerprint density at radius 2 is 2.00 bits per heavy atom. The van der Waals surface area contributed by atoms with E-state index in [0.29, 0.717) is 34.4 Å². The fourth-order valence-corrected chi connectivity index (χ4v) is 2.64. The molecule has 0 aliphatic carbocycles. The van der Waals surface area contributed by atoms with Crippen LogP contribution >= 0.6 is 34.8 Å². The highest BCUT2D eigenvalue weighted by molar-refractivity contribution is 6.67. The van der Waals surface area contributed by atoms with Crippen LogP contribution in [-0.4, -0.2) is 27.8 Å². The highest BCUT2D eigenvalue weighted by Crippen LogP contribution is 2.27. The first-order valence-electron chi connectivity index (χ1n) is 8.55. The summed E-state index contributed by atoms with van der Waals surface area (Å²) >= 11 is 16.7. The van der Waals surface area contributed by atoms with Gasteiger partial charge >= 0.3 is 6.09 Å². The molecule has 0 spiro atoms. The number of aromatic nitrogens is 1. The van der Waals surface area contributed by atoms with E-state index in [1.54, 1.807) is 36.4 Å². The Balaban J connectivity index is 2.25. The number of alkyl halides is 3. The van der Waals surface area contributed by atoms with Gasteiger partial charge in [-0.15, -0.1) is 0 Å². The van der Waals surface area contributed by atoms with E-state index in [2.05, 4.69) is 10.3 Å². The minimum atomic E-state index is -1.70. The molecule has 0 atom stereocenters. The average Bonchev–Trinajstić information content (AvgIpc) is 2.71. The number of benzene rings is 1. The van der Waals surface area contributed by atoms with Gasteiger partial charge in [0, 0.05) is 29.3 Å². The number of allylic oxidation sites excluding steroid dienone is 2. The van der Waals surface area contributed by atoms with Crippen molar-refractivity contribution in [2.75, 3.05) is 11.9 Å². The summed E-state index contributed by atoms with van der Waals surface area (Å²) in [6.45, 7) is 1.47. The number of anilines is 1. The maximum Gasteiger partial charge on any atom is 0.411 e. The number of amides is 1. The van der Waals surface area contributed by atoms with Gasteiger partial charge in [0.2, 0.25) is 3.79 Å². The molecular weight excluding hydrogens is 451 g/mol. The number of nitrogens with two attached hydrogens (primary N) is 2. The van der Waals surface area contributed by atoms with E-state index in [0.717, 1.165) is 5.56 Å². The lowest BCUT2D eigenvalue weighted by Crippen LogP contribution is -2.21. The topological polar surface area (TPSA) is 120 Å². The van der Waals surface area contributed by atoms with Crippen molar-refractivity contribution in [1.82, 2.24) is 4.98 Å². The Kier molecular flexibility index (Phi) is 8.11. The lowest BCUT2D eigenvalue weighted by atomic mass is 10.0. The second-order valence-corrected chi connectivity index (χ2v) is 8.67. The minimum Gasteiger partial charge on any atom is -0.445 e. The van der Waals surface area contributed by atoms with E-state index in [9.17, 15) is 9.59 Å². The molecule has 0 fully saturated rings. The van der Waals surface area contributed by atoms with Crippen molar-refractivity contribution < 1.29 is 14.3 Å². The van der Waals surface area contributed by atoms with Crippen molar-refractivity contribution in [2.45, 2.75) is 10.7 Å². The number of aryl methyl sites for hydroxylation is 1. The molecule has 1 amide bonds. The van der Waals surface area contributed by atoms with Crippen LogP contribution < -0.4 is 16.8 Å². The maximum atomic E-state index is 11.9. The monoisotopic (exact) mass is 468 g/mol. The molecule has 0 saturated heterocycles. The number of pyridine rings is 1. The van der Waals surface area contributed by atoms with Crippen molar-refractivity contribution >= 4 is 64.1 Å².